The first-order valence-electron chi connectivity index (χ1n) is 4.88. The summed E-state index contributed by atoms with van der Waals surface area (Å²) in [6, 6.07) is 0. The van der Waals surface area contributed by atoms with E-state index >= 15 is 0 Å². The summed E-state index contributed by atoms with van der Waals surface area (Å²) < 4.78 is 5.35. The van der Waals surface area contributed by atoms with Crippen LogP contribution in [0.25, 0.3) is 0 Å². The molecule has 13 heavy (non-hydrogen) atoms. The van der Waals surface area contributed by atoms with Gasteiger partial charge in [-0.2, -0.15) is 0 Å². The van der Waals surface area contributed by atoms with Crippen LogP contribution in [0.5, 0.6) is 0 Å². The molecule has 1 aliphatic carbocycles. The van der Waals surface area contributed by atoms with Gasteiger partial charge in [-0.3, -0.25) is 0 Å². The Morgan fingerprint density at radius 1 is 1.38 bits per heavy atom. The van der Waals surface area contributed by atoms with Crippen molar-refractivity contribution >= 4 is 6.09 Å². The van der Waals surface area contributed by atoms with E-state index in [-0.39, 0.29) is 11.7 Å². The van der Waals surface area contributed by atoms with E-state index < -0.39 is 0 Å². The number of carbonyl (C=O) groups excluding carboxylic acids is 1. The maximum Gasteiger partial charge on any atom is 0.410 e. The molecule has 4 heteroatoms. The van der Waals surface area contributed by atoms with Crippen molar-refractivity contribution in [3.8, 4) is 0 Å². The number of nitrogens with one attached hydrogen (secondary N) is 1. The highest BCUT2D eigenvalue weighted by Crippen LogP contribution is 2.39. The van der Waals surface area contributed by atoms with Crippen molar-refractivity contribution in [2.75, 3.05) is 26.2 Å². The third-order valence-electron chi connectivity index (χ3n) is 2.66. The molecule has 0 bridgehead atoms. The van der Waals surface area contributed by atoms with E-state index in [1.54, 1.807) is 4.90 Å². The minimum atomic E-state index is -0.137. The van der Waals surface area contributed by atoms with Crippen molar-refractivity contribution in [2.24, 2.45) is 0 Å². The molecular weight excluding hydrogens is 168 g/mol. The van der Waals surface area contributed by atoms with Gasteiger partial charge in [0.2, 0.25) is 0 Å². The molecule has 0 aromatic carbocycles. The van der Waals surface area contributed by atoms with Gasteiger partial charge in [0, 0.05) is 26.2 Å². The van der Waals surface area contributed by atoms with Gasteiger partial charge in [0.15, 0.2) is 0 Å². The summed E-state index contributed by atoms with van der Waals surface area (Å²) in [5, 5.41) is 3.20. The number of ether oxygens (including phenoxy) is 1. The van der Waals surface area contributed by atoms with E-state index in [9.17, 15) is 4.79 Å². The summed E-state index contributed by atoms with van der Waals surface area (Å²) >= 11 is 0. The quantitative estimate of drug-likeness (QED) is 0.648. The second-order valence-electron chi connectivity index (χ2n) is 4.05. The Bertz CT molecular complexity index is 208. The predicted molar refractivity (Wildman–Crippen MR) is 48.6 cm³/mol. The highest BCUT2D eigenvalue weighted by Gasteiger charge is 2.42. The zero-order valence-corrected chi connectivity index (χ0v) is 8.01. The van der Waals surface area contributed by atoms with Crippen LogP contribution in [0.15, 0.2) is 0 Å². The van der Waals surface area contributed by atoms with Crippen molar-refractivity contribution in [1.29, 1.82) is 0 Å². The minimum Gasteiger partial charge on any atom is -0.443 e. The zero-order valence-electron chi connectivity index (χ0n) is 8.01. The molecule has 74 valence electrons. The average molecular weight is 184 g/mol. The fourth-order valence-electron chi connectivity index (χ4n) is 1.40. The van der Waals surface area contributed by atoms with Crippen molar-refractivity contribution in [3.63, 3.8) is 0 Å². The number of carbonyl (C=O) groups is 1. The average Bonchev–Trinajstić information content (AvgIpc) is 2.85. The highest BCUT2D eigenvalue weighted by molar-refractivity contribution is 5.68. The van der Waals surface area contributed by atoms with Gasteiger partial charge >= 0.3 is 6.09 Å². The molecule has 2 rings (SSSR count). The second kappa shape index (κ2) is 3.18. The Morgan fingerprint density at radius 2 is 2.00 bits per heavy atom. The van der Waals surface area contributed by atoms with Gasteiger partial charge in [-0.1, -0.05) is 0 Å². The molecule has 1 saturated carbocycles. The lowest BCUT2D eigenvalue weighted by Crippen LogP contribution is -2.47. The first-order chi connectivity index (χ1) is 6.20. The monoisotopic (exact) mass is 184 g/mol. The van der Waals surface area contributed by atoms with Gasteiger partial charge in [-0.15, -0.1) is 0 Å². The third kappa shape index (κ3) is 2.12. The van der Waals surface area contributed by atoms with Gasteiger partial charge in [0.05, 0.1) is 0 Å². The molecule has 1 amide bonds. The van der Waals surface area contributed by atoms with Crippen LogP contribution >= 0.6 is 0 Å². The van der Waals surface area contributed by atoms with Crippen LogP contribution in [0.3, 0.4) is 0 Å². The van der Waals surface area contributed by atoms with Crippen LogP contribution in [0.2, 0.25) is 0 Å². The van der Waals surface area contributed by atoms with E-state index in [4.69, 9.17) is 4.74 Å². The zero-order chi connectivity index (χ0) is 9.31. The van der Waals surface area contributed by atoms with Crippen molar-refractivity contribution in [2.45, 2.75) is 25.4 Å². The molecule has 1 N–H and O–H groups in total. The second-order valence-corrected chi connectivity index (χ2v) is 4.05. The summed E-state index contributed by atoms with van der Waals surface area (Å²) in [5.41, 5.74) is -0.137. The Kier molecular flexibility index (Phi) is 2.15. The van der Waals surface area contributed by atoms with Crippen molar-refractivity contribution in [3.05, 3.63) is 0 Å². The number of piperazine rings is 1. The fourth-order valence-corrected chi connectivity index (χ4v) is 1.40. The molecule has 0 unspecified atom stereocenters. The molecule has 0 aromatic heterocycles. The molecule has 2 fully saturated rings. The van der Waals surface area contributed by atoms with E-state index in [1.807, 2.05) is 6.92 Å². The molecule has 0 aromatic rings. The lowest BCUT2D eigenvalue weighted by Gasteiger charge is -2.27. The van der Waals surface area contributed by atoms with Crippen LogP contribution in [0.1, 0.15) is 19.8 Å². The van der Waals surface area contributed by atoms with Gasteiger partial charge < -0.3 is 15.0 Å². The van der Waals surface area contributed by atoms with Crippen LogP contribution < -0.4 is 5.32 Å². The van der Waals surface area contributed by atoms with Crippen LogP contribution in [0.4, 0.5) is 4.79 Å². The smallest absolute Gasteiger partial charge is 0.410 e. The SMILES string of the molecule is CC1(OC(=O)N2CCNCC2)CC1. The van der Waals surface area contributed by atoms with E-state index in [2.05, 4.69) is 5.32 Å². The molecule has 1 aliphatic heterocycles. The molecule has 1 saturated heterocycles. The van der Waals surface area contributed by atoms with Crippen LogP contribution in [-0.2, 0) is 4.74 Å². The molecule has 1 heterocycles. The minimum absolute atomic E-state index is 0.137. The van der Waals surface area contributed by atoms with Crippen molar-refractivity contribution < 1.29 is 9.53 Å². The molecule has 2 aliphatic rings. The first kappa shape index (κ1) is 8.81. The van der Waals surface area contributed by atoms with Gasteiger partial charge in [0.25, 0.3) is 0 Å². The van der Waals surface area contributed by atoms with E-state index in [0.717, 1.165) is 39.0 Å². The number of hydrogen-bond acceptors (Lipinski definition) is 3. The topological polar surface area (TPSA) is 41.6 Å². The molecule has 0 radical (unpaired) electrons. The molecular formula is C9H16N2O2. The van der Waals surface area contributed by atoms with Crippen LogP contribution in [-0.4, -0.2) is 42.8 Å². The van der Waals surface area contributed by atoms with E-state index in [1.165, 1.54) is 0 Å². The molecule has 0 atom stereocenters. The summed E-state index contributed by atoms with van der Waals surface area (Å²) in [4.78, 5) is 13.3. The highest BCUT2D eigenvalue weighted by atomic mass is 16.6. The maximum absolute atomic E-state index is 11.5. The van der Waals surface area contributed by atoms with Crippen molar-refractivity contribution in [1.82, 2.24) is 10.2 Å². The van der Waals surface area contributed by atoms with Gasteiger partial charge in [0.1, 0.15) is 5.60 Å². The summed E-state index contributed by atoms with van der Waals surface area (Å²) in [6.07, 6.45) is 1.90. The first-order valence-corrected chi connectivity index (χ1v) is 4.88. The lowest BCUT2D eigenvalue weighted by atomic mass is 10.4. The largest absolute Gasteiger partial charge is 0.443 e. The Morgan fingerprint density at radius 3 is 2.54 bits per heavy atom. The maximum atomic E-state index is 11.5. The summed E-state index contributed by atoms with van der Waals surface area (Å²) in [7, 11) is 0. The predicted octanol–water partition coefficient (Wildman–Crippen LogP) is 0.581. The Balaban J connectivity index is 1.81. The standard InChI is InChI=1S/C9H16N2O2/c1-9(2-3-9)13-8(12)11-6-4-10-5-7-11/h10H,2-7H2,1H3. The summed E-state index contributed by atoms with van der Waals surface area (Å²) in [5.74, 6) is 0. The Labute approximate surface area is 78.2 Å². The number of nitrogens with zero attached hydrogens (tertiary/aromatic N) is 1. The van der Waals surface area contributed by atoms with Gasteiger partial charge in [-0.25, -0.2) is 4.79 Å². The summed E-state index contributed by atoms with van der Waals surface area (Å²) in [6.45, 7) is 5.30. The molecule has 0 spiro atoms. The van der Waals surface area contributed by atoms with Gasteiger partial charge in [-0.05, 0) is 19.8 Å². The number of hydrogen-bond donors (Lipinski definition) is 1. The molecule has 4 nitrogen and oxygen atoms in total. The third-order valence-corrected chi connectivity index (χ3v) is 2.66. The van der Waals surface area contributed by atoms with E-state index in [0.29, 0.717) is 0 Å². The number of amides is 1. The van der Waals surface area contributed by atoms with Crippen LogP contribution in [0, 0.1) is 0 Å². The fraction of sp³-hybridized carbons (Fsp3) is 0.889. The normalized spacial score (nSPS) is 25.5. The number of rotatable bonds is 1. The lowest BCUT2D eigenvalue weighted by molar-refractivity contribution is 0.0555. The Hall–Kier alpha value is -0.770.